The second-order valence-electron chi connectivity index (χ2n) is 2.67. The number of hydrogen-bond donors (Lipinski definition) is 1. The largest absolute Gasteiger partial charge is 0.471 e. The zero-order valence-electron chi connectivity index (χ0n) is 6.93. The van der Waals surface area contributed by atoms with Crippen LogP contribution in [0.2, 0.25) is 0 Å². The zero-order valence-corrected chi connectivity index (χ0v) is 7.74. The van der Waals surface area contributed by atoms with E-state index in [0.717, 1.165) is 0 Å². The van der Waals surface area contributed by atoms with Crippen LogP contribution in [0.25, 0.3) is 0 Å². The zero-order chi connectivity index (χ0) is 10.2. The quantitative estimate of drug-likeness (QED) is 0.739. The van der Waals surface area contributed by atoms with Gasteiger partial charge in [-0.1, -0.05) is 0 Å². The van der Waals surface area contributed by atoms with Gasteiger partial charge in [-0.15, -0.1) is 4.91 Å². The molecule has 0 aliphatic carbocycles. The van der Waals surface area contributed by atoms with Crippen LogP contribution in [0.1, 0.15) is 0 Å². The van der Waals surface area contributed by atoms with Gasteiger partial charge in [0.1, 0.15) is 5.75 Å². The average Bonchev–Trinajstić information content (AvgIpc) is 2.64. The van der Waals surface area contributed by atoms with Crippen molar-refractivity contribution >= 4 is 15.7 Å². The molecule has 0 amide bonds. The summed E-state index contributed by atoms with van der Waals surface area (Å²) in [5.41, 5.74) is 0.704. The molecule has 0 radical (unpaired) electrons. The molecule has 0 atom stereocenters. The first kappa shape index (κ1) is 8.95. The number of nitroso groups, excluding NO2 is 1. The van der Waals surface area contributed by atoms with E-state index in [9.17, 15) is 13.3 Å². The van der Waals surface area contributed by atoms with Crippen LogP contribution in [-0.2, 0) is 10.0 Å². The number of rotatable bonds is 2. The molecule has 1 heterocycles. The van der Waals surface area contributed by atoms with Crippen LogP contribution in [0.5, 0.6) is 5.75 Å². The van der Waals surface area contributed by atoms with Gasteiger partial charge < -0.3 is 10.1 Å². The molecule has 7 heteroatoms. The Morgan fingerprint density at radius 2 is 2.21 bits per heavy atom. The molecular formula is C7H6N2O4S. The van der Waals surface area contributed by atoms with Crippen molar-refractivity contribution in [1.82, 2.24) is 0 Å². The maximum atomic E-state index is 11.0. The Labute approximate surface area is 79.9 Å². The lowest BCUT2D eigenvalue weighted by atomic mass is 10.3. The summed E-state index contributed by atoms with van der Waals surface area (Å²) in [6.07, 6.45) is 0. The van der Waals surface area contributed by atoms with Crippen molar-refractivity contribution in [3.63, 3.8) is 0 Å². The van der Waals surface area contributed by atoms with Crippen LogP contribution in [0.15, 0.2) is 27.7 Å². The Morgan fingerprint density at radius 3 is 2.93 bits per heavy atom. The summed E-state index contributed by atoms with van der Waals surface area (Å²) in [5, 5.41) is 2.87. The van der Waals surface area contributed by atoms with Crippen LogP contribution >= 0.6 is 0 Å². The molecule has 1 aliphatic rings. The molecule has 74 valence electrons. The number of nitrogens with one attached hydrogen (secondary N) is 1. The minimum Gasteiger partial charge on any atom is -0.471 e. The highest BCUT2D eigenvalue weighted by molar-refractivity contribution is 7.90. The Balaban J connectivity index is 2.53. The fourth-order valence-electron chi connectivity index (χ4n) is 1.16. The van der Waals surface area contributed by atoms with E-state index in [4.69, 9.17) is 4.74 Å². The molecule has 1 aromatic carbocycles. The summed E-state index contributed by atoms with van der Waals surface area (Å²) in [6.45, 7) is 0.299. The molecular weight excluding hydrogens is 208 g/mol. The van der Waals surface area contributed by atoms with Crippen LogP contribution in [0.3, 0.4) is 0 Å². The number of benzene rings is 1. The van der Waals surface area contributed by atoms with Gasteiger partial charge in [-0.25, -0.2) is 0 Å². The van der Waals surface area contributed by atoms with Gasteiger partial charge in [-0.3, -0.25) is 0 Å². The molecule has 1 N–H and O–H groups in total. The van der Waals surface area contributed by atoms with Gasteiger partial charge in [-0.2, -0.15) is 8.42 Å². The molecule has 6 nitrogen and oxygen atoms in total. The van der Waals surface area contributed by atoms with Gasteiger partial charge in [0.25, 0.3) is 0 Å². The minimum absolute atomic E-state index is 0.157. The number of anilines is 1. The smallest absolute Gasteiger partial charge is 0.317 e. The first-order valence-corrected chi connectivity index (χ1v) is 5.18. The topological polar surface area (TPSA) is 84.8 Å². The van der Waals surface area contributed by atoms with Gasteiger partial charge in [0.15, 0.2) is 6.73 Å². The van der Waals surface area contributed by atoms with Crippen molar-refractivity contribution in [2.24, 2.45) is 4.58 Å². The van der Waals surface area contributed by atoms with E-state index in [1.807, 2.05) is 0 Å². The van der Waals surface area contributed by atoms with Gasteiger partial charge in [0, 0.05) is 6.07 Å². The van der Waals surface area contributed by atoms with Crippen molar-refractivity contribution in [2.45, 2.75) is 4.90 Å². The van der Waals surface area contributed by atoms with Crippen molar-refractivity contribution < 1.29 is 13.2 Å². The fraction of sp³-hybridized carbons (Fsp3) is 0.143. The number of hydrogen-bond acceptors (Lipinski definition) is 5. The molecule has 0 spiro atoms. The normalized spacial score (nSPS) is 14.0. The summed E-state index contributed by atoms with van der Waals surface area (Å²) >= 11 is 0. The third kappa shape index (κ3) is 1.31. The summed E-state index contributed by atoms with van der Waals surface area (Å²) in [7, 11) is -4.06. The number of fused-ring (bicyclic) bond motifs is 1. The summed E-state index contributed by atoms with van der Waals surface area (Å²) in [4.78, 5) is 9.88. The SMILES string of the molecule is O=NS(=O)(=O)c1ccc2c(c1)OCN2. The predicted octanol–water partition coefficient (Wildman–Crippen LogP) is 0.903. The molecule has 1 aliphatic heterocycles. The Kier molecular flexibility index (Phi) is 1.88. The van der Waals surface area contributed by atoms with Crippen LogP contribution < -0.4 is 10.1 Å². The van der Waals surface area contributed by atoms with E-state index in [0.29, 0.717) is 18.2 Å². The molecule has 14 heavy (non-hydrogen) atoms. The lowest BCUT2D eigenvalue weighted by molar-refractivity contribution is 0.371. The van der Waals surface area contributed by atoms with E-state index in [1.54, 1.807) is 0 Å². The number of sulfonamides is 1. The lowest BCUT2D eigenvalue weighted by Crippen LogP contribution is -1.96. The van der Waals surface area contributed by atoms with Gasteiger partial charge in [0.05, 0.1) is 15.2 Å². The Morgan fingerprint density at radius 1 is 1.43 bits per heavy atom. The van der Waals surface area contributed by atoms with E-state index >= 15 is 0 Å². The van der Waals surface area contributed by atoms with Crippen LogP contribution in [-0.4, -0.2) is 15.1 Å². The van der Waals surface area contributed by atoms with Crippen molar-refractivity contribution in [3.05, 3.63) is 23.1 Å². The first-order valence-electron chi connectivity index (χ1n) is 3.74. The molecule has 0 fully saturated rings. The van der Waals surface area contributed by atoms with E-state index < -0.39 is 10.0 Å². The first-order chi connectivity index (χ1) is 6.63. The van der Waals surface area contributed by atoms with Crippen molar-refractivity contribution in [1.29, 1.82) is 0 Å². The van der Waals surface area contributed by atoms with E-state index in [1.165, 1.54) is 18.2 Å². The average molecular weight is 214 g/mol. The number of ether oxygens (including phenoxy) is 1. The second kappa shape index (κ2) is 2.95. The maximum Gasteiger partial charge on any atom is 0.317 e. The maximum absolute atomic E-state index is 11.0. The molecule has 0 aromatic heterocycles. The minimum atomic E-state index is -4.06. The van der Waals surface area contributed by atoms with Gasteiger partial charge >= 0.3 is 10.0 Å². The third-order valence-corrected chi connectivity index (χ3v) is 2.89. The molecule has 2 rings (SSSR count). The highest BCUT2D eigenvalue weighted by atomic mass is 32.2. The lowest BCUT2D eigenvalue weighted by Gasteiger charge is -1.98. The molecule has 1 aromatic rings. The highest BCUT2D eigenvalue weighted by Crippen LogP contribution is 2.31. The summed E-state index contributed by atoms with van der Waals surface area (Å²) in [5.74, 6) is 0.412. The number of nitrogens with zero attached hydrogens (tertiary/aromatic N) is 1. The summed E-state index contributed by atoms with van der Waals surface area (Å²) < 4.78 is 29.2. The van der Waals surface area contributed by atoms with Crippen LogP contribution in [0.4, 0.5) is 5.69 Å². The predicted molar refractivity (Wildman–Crippen MR) is 48.5 cm³/mol. The summed E-state index contributed by atoms with van der Waals surface area (Å²) in [6, 6.07) is 4.10. The fourth-order valence-corrected chi connectivity index (χ4v) is 1.75. The van der Waals surface area contributed by atoms with Crippen LogP contribution in [0, 0.1) is 4.91 Å². The van der Waals surface area contributed by atoms with E-state index in [2.05, 4.69) is 9.90 Å². The molecule has 0 saturated carbocycles. The third-order valence-electron chi connectivity index (χ3n) is 1.84. The highest BCUT2D eigenvalue weighted by Gasteiger charge is 2.19. The molecule has 0 saturated heterocycles. The standard InChI is InChI=1S/C7H6N2O4S/c10-9-14(11,12)5-1-2-6-7(3-5)13-4-8-6/h1-3,8H,4H2. The monoisotopic (exact) mass is 214 g/mol. The Bertz CT molecular complexity index is 482. The van der Waals surface area contributed by atoms with Crippen molar-refractivity contribution in [3.8, 4) is 5.75 Å². The molecule has 0 bridgehead atoms. The molecule has 0 unspecified atom stereocenters. The van der Waals surface area contributed by atoms with Gasteiger partial charge in [-0.05, 0) is 12.1 Å². The van der Waals surface area contributed by atoms with Crippen molar-refractivity contribution in [2.75, 3.05) is 12.0 Å². The van der Waals surface area contributed by atoms with Gasteiger partial charge in [0.2, 0.25) is 0 Å². The Hall–Kier alpha value is -1.63. The van der Waals surface area contributed by atoms with E-state index in [-0.39, 0.29) is 4.90 Å². The second-order valence-corrected chi connectivity index (χ2v) is 4.24.